The summed E-state index contributed by atoms with van der Waals surface area (Å²) >= 11 is 0. The zero-order chi connectivity index (χ0) is 14.7. The van der Waals surface area contributed by atoms with E-state index in [1.807, 2.05) is 12.1 Å². The van der Waals surface area contributed by atoms with E-state index in [-0.39, 0.29) is 0 Å². The van der Waals surface area contributed by atoms with Gasteiger partial charge in [0.05, 0.1) is 25.2 Å². The first-order valence-electron chi connectivity index (χ1n) is 6.98. The van der Waals surface area contributed by atoms with E-state index in [0.29, 0.717) is 5.69 Å². The molecule has 2 aromatic rings. The zero-order valence-electron chi connectivity index (χ0n) is 12.1. The lowest BCUT2D eigenvalue weighted by Gasteiger charge is -2.36. The summed E-state index contributed by atoms with van der Waals surface area (Å²) < 4.78 is 5.28. The quantitative estimate of drug-likeness (QED) is 0.919. The lowest BCUT2D eigenvalue weighted by atomic mass is 10.2. The van der Waals surface area contributed by atoms with E-state index in [1.165, 1.54) is 5.69 Å². The fraction of sp³-hybridized carbons (Fsp3) is 0.333. The minimum absolute atomic E-state index is 0.591. The number of aromatic nitrogens is 2. The van der Waals surface area contributed by atoms with Crippen LogP contribution in [0.3, 0.4) is 0 Å². The van der Waals surface area contributed by atoms with Crippen LogP contribution in [0.4, 0.5) is 17.3 Å². The molecule has 0 atom stereocenters. The molecule has 6 nitrogen and oxygen atoms in total. The molecule has 1 aromatic heterocycles. The molecule has 0 radical (unpaired) electrons. The van der Waals surface area contributed by atoms with Crippen LogP contribution in [0.15, 0.2) is 36.7 Å². The van der Waals surface area contributed by atoms with Gasteiger partial charge in [-0.15, -0.1) is 0 Å². The van der Waals surface area contributed by atoms with E-state index < -0.39 is 0 Å². The number of nitrogen functional groups attached to an aromatic ring is 1. The summed E-state index contributed by atoms with van der Waals surface area (Å²) in [6.07, 6.45) is 3.30. The topological polar surface area (TPSA) is 67.5 Å². The van der Waals surface area contributed by atoms with Crippen LogP contribution >= 0.6 is 0 Å². The normalized spacial score (nSPS) is 15.1. The van der Waals surface area contributed by atoms with Crippen LogP contribution in [-0.2, 0) is 0 Å². The summed E-state index contributed by atoms with van der Waals surface area (Å²) in [6, 6.07) is 8.15. The second kappa shape index (κ2) is 5.87. The lowest BCUT2D eigenvalue weighted by molar-refractivity contribution is 0.414. The Balaban J connectivity index is 1.65. The molecule has 3 rings (SSSR count). The molecule has 1 aromatic carbocycles. The standard InChI is InChI=1S/C15H19N5O/c1-21-14-4-2-3-13(9-14)19-5-7-20(8-6-19)15-17-10-12(16)11-18-15/h2-4,9-11H,5-8,16H2,1H3. The number of rotatable bonds is 3. The predicted octanol–water partition coefficient (Wildman–Crippen LogP) is 1.39. The Morgan fingerprint density at radius 1 is 1.05 bits per heavy atom. The Labute approximate surface area is 124 Å². The molecule has 0 bridgehead atoms. The van der Waals surface area contributed by atoms with Crippen molar-refractivity contribution in [2.75, 3.05) is 48.8 Å². The molecule has 0 aliphatic carbocycles. The van der Waals surface area contributed by atoms with Crippen molar-refractivity contribution >= 4 is 17.3 Å². The molecule has 0 amide bonds. The molecule has 21 heavy (non-hydrogen) atoms. The highest BCUT2D eigenvalue weighted by Gasteiger charge is 2.19. The summed E-state index contributed by atoms with van der Waals surface area (Å²) in [5.41, 5.74) is 7.40. The van der Waals surface area contributed by atoms with Crippen LogP contribution in [-0.4, -0.2) is 43.3 Å². The number of ether oxygens (including phenoxy) is 1. The lowest BCUT2D eigenvalue weighted by Crippen LogP contribution is -2.47. The van der Waals surface area contributed by atoms with Gasteiger partial charge in [-0.3, -0.25) is 0 Å². The monoisotopic (exact) mass is 285 g/mol. The summed E-state index contributed by atoms with van der Waals surface area (Å²) in [5.74, 6) is 1.63. The van der Waals surface area contributed by atoms with Gasteiger partial charge in [-0.25, -0.2) is 9.97 Å². The van der Waals surface area contributed by atoms with Crippen LogP contribution < -0.4 is 20.3 Å². The summed E-state index contributed by atoms with van der Waals surface area (Å²) in [6.45, 7) is 3.64. The minimum Gasteiger partial charge on any atom is -0.497 e. The number of hydrogen-bond donors (Lipinski definition) is 1. The third-order valence-corrected chi connectivity index (χ3v) is 3.64. The smallest absolute Gasteiger partial charge is 0.225 e. The van der Waals surface area contributed by atoms with Crippen LogP contribution in [0.5, 0.6) is 5.75 Å². The molecule has 1 fully saturated rings. The first-order chi connectivity index (χ1) is 10.3. The zero-order valence-corrected chi connectivity index (χ0v) is 12.1. The van der Waals surface area contributed by atoms with Gasteiger partial charge in [-0.1, -0.05) is 6.07 Å². The molecule has 0 unspecified atom stereocenters. The molecule has 2 N–H and O–H groups in total. The Hall–Kier alpha value is -2.50. The molecular formula is C15H19N5O. The third kappa shape index (κ3) is 2.99. The average molecular weight is 285 g/mol. The second-order valence-corrected chi connectivity index (χ2v) is 4.99. The highest BCUT2D eigenvalue weighted by molar-refractivity contribution is 5.52. The van der Waals surface area contributed by atoms with E-state index in [1.54, 1.807) is 19.5 Å². The molecule has 1 aliphatic heterocycles. The predicted molar refractivity (Wildman–Crippen MR) is 83.9 cm³/mol. The van der Waals surface area contributed by atoms with Crippen LogP contribution in [0, 0.1) is 0 Å². The fourth-order valence-electron chi connectivity index (χ4n) is 2.47. The maximum absolute atomic E-state index is 5.62. The van der Waals surface area contributed by atoms with Crippen molar-refractivity contribution in [1.82, 2.24) is 9.97 Å². The summed E-state index contributed by atoms with van der Waals surface area (Å²) in [7, 11) is 1.69. The van der Waals surface area contributed by atoms with Crippen molar-refractivity contribution in [3.05, 3.63) is 36.7 Å². The number of methoxy groups -OCH3 is 1. The van der Waals surface area contributed by atoms with E-state index in [2.05, 4.69) is 31.9 Å². The summed E-state index contributed by atoms with van der Waals surface area (Å²) in [5, 5.41) is 0. The molecule has 1 saturated heterocycles. The van der Waals surface area contributed by atoms with Gasteiger partial charge in [0.15, 0.2) is 0 Å². The molecule has 0 saturated carbocycles. The van der Waals surface area contributed by atoms with Gasteiger partial charge in [0, 0.05) is 37.9 Å². The number of piperazine rings is 1. The SMILES string of the molecule is COc1cccc(N2CCN(c3ncc(N)cn3)CC2)c1. The minimum atomic E-state index is 0.591. The van der Waals surface area contributed by atoms with E-state index in [4.69, 9.17) is 10.5 Å². The van der Waals surface area contributed by atoms with Gasteiger partial charge < -0.3 is 20.3 Å². The van der Waals surface area contributed by atoms with E-state index in [9.17, 15) is 0 Å². The van der Waals surface area contributed by atoms with Crippen molar-refractivity contribution in [2.45, 2.75) is 0 Å². The van der Waals surface area contributed by atoms with Gasteiger partial charge in [-0.2, -0.15) is 0 Å². The molecule has 0 spiro atoms. The van der Waals surface area contributed by atoms with Crippen molar-refractivity contribution < 1.29 is 4.74 Å². The highest BCUT2D eigenvalue weighted by atomic mass is 16.5. The fourth-order valence-corrected chi connectivity index (χ4v) is 2.47. The second-order valence-electron chi connectivity index (χ2n) is 4.99. The maximum Gasteiger partial charge on any atom is 0.225 e. The molecule has 110 valence electrons. The Morgan fingerprint density at radius 2 is 1.71 bits per heavy atom. The van der Waals surface area contributed by atoms with Crippen molar-refractivity contribution in [2.24, 2.45) is 0 Å². The third-order valence-electron chi connectivity index (χ3n) is 3.64. The van der Waals surface area contributed by atoms with Gasteiger partial charge in [0.25, 0.3) is 0 Å². The highest BCUT2D eigenvalue weighted by Crippen LogP contribution is 2.22. The number of nitrogens with zero attached hydrogens (tertiary/aromatic N) is 4. The van der Waals surface area contributed by atoms with Crippen molar-refractivity contribution in [1.29, 1.82) is 0 Å². The first kappa shape index (κ1) is 13.5. The van der Waals surface area contributed by atoms with Crippen molar-refractivity contribution in [3.8, 4) is 5.75 Å². The number of hydrogen-bond acceptors (Lipinski definition) is 6. The molecular weight excluding hydrogens is 266 g/mol. The van der Waals surface area contributed by atoms with Gasteiger partial charge in [-0.05, 0) is 12.1 Å². The Kier molecular flexibility index (Phi) is 3.77. The molecule has 1 aliphatic rings. The number of anilines is 3. The van der Waals surface area contributed by atoms with Gasteiger partial charge >= 0.3 is 0 Å². The Bertz CT molecular complexity index is 593. The van der Waals surface area contributed by atoms with Crippen LogP contribution in [0.2, 0.25) is 0 Å². The average Bonchev–Trinajstić information content (AvgIpc) is 2.56. The van der Waals surface area contributed by atoms with Crippen LogP contribution in [0.1, 0.15) is 0 Å². The first-order valence-corrected chi connectivity index (χ1v) is 6.98. The van der Waals surface area contributed by atoms with Crippen LogP contribution in [0.25, 0.3) is 0 Å². The van der Waals surface area contributed by atoms with E-state index in [0.717, 1.165) is 37.9 Å². The van der Waals surface area contributed by atoms with Crippen molar-refractivity contribution in [3.63, 3.8) is 0 Å². The maximum atomic E-state index is 5.62. The largest absolute Gasteiger partial charge is 0.497 e. The van der Waals surface area contributed by atoms with Gasteiger partial charge in [0.1, 0.15) is 5.75 Å². The summed E-state index contributed by atoms with van der Waals surface area (Å²) in [4.78, 5) is 13.1. The number of nitrogens with two attached hydrogens (primary N) is 1. The molecule has 2 heterocycles. The number of benzene rings is 1. The van der Waals surface area contributed by atoms with Gasteiger partial charge in [0.2, 0.25) is 5.95 Å². The Morgan fingerprint density at radius 3 is 2.38 bits per heavy atom. The molecule has 6 heteroatoms. The van der Waals surface area contributed by atoms with E-state index >= 15 is 0 Å².